The average molecular weight is 372 g/mol. The van der Waals surface area contributed by atoms with E-state index in [0.717, 1.165) is 50.1 Å². The van der Waals surface area contributed by atoms with E-state index in [1.165, 1.54) is 51.9 Å². The van der Waals surface area contributed by atoms with Gasteiger partial charge in [-0.3, -0.25) is 0 Å². The van der Waals surface area contributed by atoms with Crippen LogP contribution in [0.1, 0.15) is 25.7 Å². The summed E-state index contributed by atoms with van der Waals surface area (Å²) in [5.41, 5.74) is 0. The second-order valence-corrected chi connectivity index (χ2v) is 7.58. The van der Waals surface area contributed by atoms with Gasteiger partial charge in [-0.2, -0.15) is 0 Å². The van der Waals surface area contributed by atoms with E-state index in [9.17, 15) is 0 Å². The molecule has 4 aliphatic heterocycles. The molecule has 0 bridgehead atoms. The van der Waals surface area contributed by atoms with Crippen molar-refractivity contribution in [3.63, 3.8) is 0 Å². The Hall–Kier alpha value is -1.22. The number of hydrogen-bond donors (Lipinski definition) is 2. The number of rotatable bonds is 2. The minimum Gasteiger partial charge on any atom is -0.543 e. The number of nitrogens with two attached hydrogens (primary N) is 2. The van der Waals surface area contributed by atoms with Crippen molar-refractivity contribution in [2.45, 2.75) is 25.7 Å². The fourth-order valence-electron chi connectivity index (χ4n) is 3.90. The minimum absolute atomic E-state index is 0.925. The third kappa shape index (κ3) is 7.19. The van der Waals surface area contributed by atoms with Gasteiger partial charge in [0.05, 0.1) is 64.5 Å². The van der Waals surface area contributed by atoms with E-state index in [2.05, 4.69) is 10.6 Å². The van der Waals surface area contributed by atoms with Crippen LogP contribution in [0.4, 0.5) is 0 Å². The highest BCUT2D eigenvalue weighted by Crippen LogP contribution is 2.27. The average Bonchev–Trinajstić information content (AvgIpc) is 2.55. The van der Waals surface area contributed by atoms with Gasteiger partial charge < -0.3 is 39.9 Å². The Bertz CT molecular complexity index is 387. The summed E-state index contributed by atoms with van der Waals surface area (Å²) in [5.74, 6) is -0.523. The lowest BCUT2D eigenvalue weighted by atomic mass is 9.84. The van der Waals surface area contributed by atoms with Crippen molar-refractivity contribution in [2.75, 3.05) is 52.6 Å². The fraction of sp³-hybridized carbons (Fsp3) is 0.889. The van der Waals surface area contributed by atoms with Crippen LogP contribution in [-0.4, -0.2) is 64.5 Å². The van der Waals surface area contributed by atoms with Gasteiger partial charge in [0.25, 0.3) is 0 Å². The van der Waals surface area contributed by atoms with Crippen LogP contribution in [-0.2, 0) is 19.1 Å². The van der Waals surface area contributed by atoms with Gasteiger partial charge in [-0.1, -0.05) is 0 Å². The summed E-state index contributed by atoms with van der Waals surface area (Å²) in [6.07, 6.45) is 5.70. The first kappa shape index (κ1) is 21.1. The van der Waals surface area contributed by atoms with E-state index in [1.54, 1.807) is 0 Å². The standard InChI is InChI=1S/2C8H15NO.C2H2O4/c2*1-3-9-4-2-7(1)8-5-10-6-8;3-1(4)2(5)6/h2*7-9H,1-6H2;(H,3,4)(H,5,6). The van der Waals surface area contributed by atoms with Gasteiger partial charge in [0, 0.05) is 11.8 Å². The van der Waals surface area contributed by atoms with Crippen molar-refractivity contribution in [3.8, 4) is 0 Å². The third-order valence-electron chi connectivity index (χ3n) is 5.79. The first-order chi connectivity index (χ1) is 12.6. The molecule has 4 aliphatic rings. The minimum atomic E-state index is -2.19. The SMILES string of the molecule is C1CC(C2COC2)CC[NH2+]1.C1CC(C2COC2)CC[NH2+]1.O=C([O-])C(=O)[O-]. The van der Waals surface area contributed by atoms with Crippen LogP contribution in [0, 0.1) is 23.7 Å². The lowest BCUT2D eigenvalue weighted by Gasteiger charge is -2.34. The summed E-state index contributed by atoms with van der Waals surface area (Å²) in [6, 6.07) is 0. The molecule has 0 radical (unpaired) electrons. The van der Waals surface area contributed by atoms with E-state index in [4.69, 9.17) is 29.3 Å². The largest absolute Gasteiger partial charge is 0.543 e. The predicted octanol–water partition coefficient (Wildman–Crippen LogP) is -4.30. The molecule has 4 fully saturated rings. The van der Waals surface area contributed by atoms with Crippen molar-refractivity contribution in [1.82, 2.24) is 0 Å². The monoisotopic (exact) mass is 372 g/mol. The topological polar surface area (TPSA) is 132 Å². The number of hydrogen-bond acceptors (Lipinski definition) is 6. The molecule has 8 heteroatoms. The second-order valence-electron chi connectivity index (χ2n) is 7.58. The summed E-state index contributed by atoms with van der Waals surface area (Å²) in [4.78, 5) is 17.9. The zero-order valence-electron chi connectivity index (χ0n) is 15.4. The lowest BCUT2D eigenvalue weighted by Crippen LogP contribution is -2.86. The highest BCUT2D eigenvalue weighted by atomic mass is 16.5. The summed E-state index contributed by atoms with van der Waals surface area (Å²) in [7, 11) is 0. The smallest absolute Gasteiger partial charge is 0.0870 e. The molecular weight excluding hydrogens is 340 g/mol. The van der Waals surface area contributed by atoms with E-state index >= 15 is 0 Å². The molecule has 4 saturated heterocycles. The highest BCUT2D eigenvalue weighted by molar-refractivity contribution is 6.25. The molecule has 8 nitrogen and oxygen atoms in total. The molecule has 0 unspecified atom stereocenters. The van der Waals surface area contributed by atoms with E-state index in [-0.39, 0.29) is 0 Å². The molecule has 0 saturated carbocycles. The maximum Gasteiger partial charge on any atom is 0.0870 e. The summed E-state index contributed by atoms with van der Waals surface area (Å²) >= 11 is 0. The van der Waals surface area contributed by atoms with Crippen molar-refractivity contribution in [3.05, 3.63) is 0 Å². The van der Waals surface area contributed by atoms with Crippen LogP contribution in [0.3, 0.4) is 0 Å². The Kier molecular flexibility index (Phi) is 9.31. The van der Waals surface area contributed by atoms with Gasteiger partial charge in [-0.15, -0.1) is 0 Å². The van der Waals surface area contributed by atoms with Gasteiger partial charge in [-0.05, 0) is 37.5 Å². The maximum absolute atomic E-state index is 8.93. The summed E-state index contributed by atoms with van der Waals surface area (Å²) < 4.78 is 10.4. The summed E-state index contributed by atoms with van der Waals surface area (Å²) in [6.45, 7) is 9.58. The number of quaternary nitrogens is 2. The Balaban J connectivity index is 0.000000146. The molecule has 0 atom stereocenters. The number of carboxylic acids is 2. The number of carbonyl (C=O) groups excluding carboxylic acids is 2. The van der Waals surface area contributed by atoms with Crippen molar-refractivity contribution in [2.24, 2.45) is 23.7 Å². The Morgan fingerprint density at radius 1 is 0.615 bits per heavy atom. The number of ether oxygens (including phenoxy) is 2. The molecule has 26 heavy (non-hydrogen) atoms. The molecule has 0 aliphatic carbocycles. The van der Waals surface area contributed by atoms with E-state index < -0.39 is 11.9 Å². The fourth-order valence-corrected chi connectivity index (χ4v) is 3.90. The maximum atomic E-state index is 8.93. The van der Waals surface area contributed by atoms with Gasteiger partial charge in [0.1, 0.15) is 0 Å². The highest BCUT2D eigenvalue weighted by Gasteiger charge is 2.30. The first-order valence-electron chi connectivity index (χ1n) is 9.79. The van der Waals surface area contributed by atoms with Crippen molar-refractivity contribution < 1.29 is 39.9 Å². The lowest BCUT2D eigenvalue weighted by molar-refractivity contribution is -0.665. The Morgan fingerprint density at radius 2 is 0.923 bits per heavy atom. The third-order valence-corrected chi connectivity index (χ3v) is 5.79. The quantitative estimate of drug-likeness (QED) is 0.471. The van der Waals surface area contributed by atoms with Gasteiger partial charge in [0.2, 0.25) is 0 Å². The van der Waals surface area contributed by atoms with Crippen molar-refractivity contribution in [1.29, 1.82) is 0 Å². The van der Waals surface area contributed by atoms with Crippen LogP contribution in [0.25, 0.3) is 0 Å². The zero-order chi connectivity index (χ0) is 18.8. The van der Waals surface area contributed by atoms with E-state index in [0.29, 0.717) is 0 Å². The van der Waals surface area contributed by atoms with Gasteiger partial charge in [0.15, 0.2) is 0 Å². The molecule has 150 valence electrons. The summed E-state index contributed by atoms with van der Waals surface area (Å²) in [5, 5.41) is 22.7. The Morgan fingerprint density at radius 3 is 1.12 bits per heavy atom. The Labute approximate surface area is 154 Å². The second kappa shape index (κ2) is 11.5. The van der Waals surface area contributed by atoms with E-state index in [1.807, 2.05) is 0 Å². The normalized spacial score (nSPS) is 24.8. The number of carboxylic acid groups (broad SMARTS) is 2. The molecule has 0 aromatic carbocycles. The molecule has 0 spiro atoms. The van der Waals surface area contributed by atoms with Gasteiger partial charge in [-0.25, -0.2) is 0 Å². The molecule has 4 N–H and O–H groups in total. The molecule has 0 aromatic rings. The predicted molar refractivity (Wildman–Crippen MR) is 87.4 cm³/mol. The number of piperidine rings is 2. The first-order valence-corrected chi connectivity index (χ1v) is 9.79. The van der Waals surface area contributed by atoms with Crippen LogP contribution in [0.5, 0.6) is 0 Å². The number of aliphatic carboxylic acids is 2. The van der Waals surface area contributed by atoms with Crippen LogP contribution in [0.2, 0.25) is 0 Å². The van der Waals surface area contributed by atoms with Crippen LogP contribution < -0.4 is 20.8 Å². The van der Waals surface area contributed by atoms with Crippen molar-refractivity contribution >= 4 is 11.9 Å². The molecule has 4 rings (SSSR count). The van der Waals surface area contributed by atoms with Gasteiger partial charge >= 0.3 is 0 Å². The van der Waals surface area contributed by atoms with Crippen LogP contribution in [0.15, 0.2) is 0 Å². The molecule has 0 amide bonds. The number of carbonyl (C=O) groups is 2. The van der Waals surface area contributed by atoms with Crippen LogP contribution >= 0.6 is 0 Å². The molecule has 0 aromatic heterocycles. The molecular formula is C18H32N2O6. The zero-order valence-corrected chi connectivity index (χ0v) is 15.4. The molecule has 4 heterocycles.